The third kappa shape index (κ3) is 3.86. The zero-order valence-corrected chi connectivity index (χ0v) is 12.2. The van der Waals surface area contributed by atoms with Crippen molar-refractivity contribution in [2.45, 2.75) is 9.24 Å². The van der Waals surface area contributed by atoms with Gasteiger partial charge in [0.2, 0.25) is 5.13 Å². The third-order valence-corrected chi connectivity index (χ3v) is 5.41. The van der Waals surface area contributed by atoms with Crippen LogP contribution in [0.1, 0.15) is 0 Å². The van der Waals surface area contributed by atoms with Crippen LogP contribution in [0.15, 0.2) is 33.5 Å². The van der Waals surface area contributed by atoms with E-state index in [1.807, 2.05) is 13.1 Å². The molecule has 96 valence electrons. The molecule has 0 aliphatic rings. The molecule has 0 radical (unpaired) electrons. The Morgan fingerprint density at radius 2 is 2.00 bits per heavy atom. The maximum Gasteiger partial charge on any atom is 0.206 e. The van der Waals surface area contributed by atoms with E-state index < -0.39 is 0 Å². The van der Waals surface area contributed by atoms with Crippen LogP contribution < -0.4 is 5.32 Å². The van der Waals surface area contributed by atoms with Crippen LogP contribution in [0.3, 0.4) is 0 Å². The fraction of sp³-hybridized carbons (Fsp3) is 0.273. The molecule has 1 aromatic carbocycles. The van der Waals surface area contributed by atoms with Gasteiger partial charge in [-0.05, 0) is 12.1 Å². The molecule has 0 aliphatic carbocycles. The third-order valence-electron chi connectivity index (χ3n) is 2.02. The minimum absolute atomic E-state index is 0.152. The summed E-state index contributed by atoms with van der Waals surface area (Å²) in [5, 5.41) is 11.8. The molecule has 0 fully saturated rings. The van der Waals surface area contributed by atoms with Gasteiger partial charge in [0, 0.05) is 23.4 Å². The highest BCUT2D eigenvalue weighted by Gasteiger charge is 2.04. The Kier molecular flexibility index (Phi) is 5.27. The lowest BCUT2D eigenvalue weighted by Crippen LogP contribution is -1.86. The standard InChI is InChI=1S/C11H12FN3S3/c1-13-10-14-15-11(18-10)17-7-6-16-9-5-3-2-4-8(9)12/h2-5H,6-7H2,1H3,(H,13,14). The van der Waals surface area contributed by atoms with Gasteiger partial charge in [-0.1, -0.05) is 35.2 Å². The molecule has 0 saturated heterocycles. The molecule has 18 heavy (non-hydrogen) atoms. The van der Waals surface area contributed by atoms with Crippen molar-refractivity contribution in [1.29, 1.82) is 0 Å². The summed E-state index contributed by atoms with van der Waals surface area (Å²) in [4.78, 5) is 0.700. The number of halogens is 1. The van der Waals surface area contributed by atoms with Gasteiger partial charge in [-0.3, -0.25) is 0 Å². The zero-order chi connectivity index (χ0) is 12.8. The number of hydrogen-bond acceptors (Lipinski definition) is 6. The molecule has 1 heterocycles. The van der Waals surface area contributed by atoms with Crippen molar-refractivity contribution >= 4 is 40.0 Å². The van der Waals surface area contributed by atoms with Gasteiger partial charge in [0.25, 0.3) is 0 Å². The summed E-state index contributed by atoms with van der Waals surface area (Å²) in [6.07, 6.45) is 0. The number of anilines is 1. The first-order valence-corrected chi connectivity index (χ1v) is 8.10. The molecule has 3 nitrogen and oxygen atoms in total. The van der Waals surface area contributed by atoms with Crippen molar-refractivity contribution in [2.75, 3.05) is 23.9 Å². The second-order valence-electron chi connectivity index (χ2n) is 3.25. The van der Waals surface area contributed by atoms with Crippen LogP contribution in [0.4, 0.5) is 9.52 Å². The molecular formula is C11H12FN3S3. The predicted octanol–water partition coefficient (Wildman–Crippen LogP) is 3.60. The van der Waals surface area contributed by atoms with E-state index in [0.717, 1.165) is 21.0 Å². The molecule has 0 unspecified atom stereocenters. The maximum atomic E-state index is 13.3. The second-order valence-corrected chi connectivity index (χ2v) is 6.71. The van der Waals surface area contributed by atoms with Gasteiger partial charge in [-0.15, -0.1) is 22.0 Å². The van der Waals surface area contributed by atoms with Crippen molar-refractivity contribution in [3.63, 3.8) is 0 Å². The largest absolute Gasteiger partial charge is 0.363 e. The van der Waals surface area contributed by atoms with Gasteiger partial charge >= 0.3 is 0 Å². The Bertz CT molecular complexity index is 504. The van der Waals surface area contributed by atoms with Crippen molar-refractivity contribution in [1.82, 2.24) is 10.2 Å². The summed E-state index contributed by atoms with van der Waals surface area (Å²) in [7, 11) is 1.82. The van der Waals surface area contributed by atoms with Crippen molar-refractivity contribution in [3.05, 3.63) is 30.1 Å². The predicted molar refractivity (Wildman–Crippen MR) is 77.3 cm³/mol. The Balaban J connectivity index is 1.74. The highest BCUT2D eigenvalue weighted by atomic mass is 32.2. The van der Waals surface area contributed by atoms with Gasteiger partial charge in [0.05, 0.1) is 0 Å². The fourth-order valence-corrected chi connectivity index (χ4v) is 3.91. The SMILES string of the molecule is CNc1nnc(SCCSc2ccccc2F)s1. The normalized spacial score (nSPS) is 10.6. The first-order chi connectivity index (χ1) is 8.79. The van der Waals surface area contributed by atoms with Crippen LogP contribution in [-0.2, 0) is 0 Å². The lowest BCUT2D eigenvalue weighted by molar-refractivity contribution is 0.602. The van der Waals surface area contributed by atoms with E-state index in [9.17, 15) is 4.39 Å². The summed E-state index contributed by atoms with van der Waals surface area (Å²) in [5.74, 6) is 1.58. The number of hydrogen-bond donors (Lipinski definition) is 1. The molecule has 0 aliphatic heterocycles. The first kappa shape index (κ1) is 13.6. The Hall–Kier alpha value is -0.790. The summed E-state index contributed by atoms with van der Waals surface area (Å²) < 4.78 is 14.3. The van der Waals surface area contributed by atoms with E-state index in [2.05, 4.69) is 15.5 Å². The van der Waals surface area contributed by atoms with Crippen LogP contribution in [0.5, 0.6) is 0 Å². The number of benzene rings is 1. The summed E-state index contributed by atoms with van der Waals surface area (Å²) in [5.41, 5.74) is 0. The van der Waals surface area contributed by atoms with Gasteiger partial charge < -0.3 is 5.32 Å². The van der Waals surface area contributed by atoms with Gasteiger partial charge in [0.15, 0.2) is 4.34 Å². The van der Waals surface area contributed by atoms with E-state index in [4.69, 9.17) is 0 Å². The van der Waals surface area contributed by atoms with Crippen LogP contribution in [0.2, 0.25) is 0 Å². The second kappa shape index (κ2) is 6.96. The van der Waals surface area contributed by atoms with Crippen LogP contribution in [-0.4, -0.2) is 28.8 Å². The summed E-state index contributed by atoms with van der Waals surface area (Å²) >= 11 is 4.70. The quantitative estimate of drug-likeness (QED) is 0.652. The number of thioether (sulfide) groups is 2. The molecule has 0 atom stereocenters. The van der Waals surface area contributed by atoms with Crippen molar-refractivity contribution in [2.24, 2.45) is 0 Å². The lowest BCUT2D eigenvalue weighted by Gasteiger charge is -2.01. The van der Waals surface area contributed by atoms with Crippen LogP contribution in [0, 0.1) is 5.82 Å². The number of rotatable bonds is 6. The van der Waals surface area contributed by atoms with Crippen molar-refractivity contribution in [3.8, 4) is 0 Å². The molecule has 1 N–H and O–H groups in total. The maximum absolute atomic E-state index is 13.3. The first-order valence-electron chi connectivity index (χ1n) is 5.31. The smallest absolute Gasteiger partial charge is 0.206 e. The van der Waals surface area contributed by atoms with E-state index in [0.29, 0.717) is 4.90 Å². The zero-order valence-electron chi connectivity index (χ0n) is 9.72. The summed E-state index contributed by atoms with van der Waals surface area (Å²) in [6, 6.07) is 6.84. The lowest BCUT2D eigenvalue weighted by atomic mass is 10.3. The number of nitrogens with zero attached hydrogens (tertiary/aromatic N) is 2. The minimum Gasteiger partial charge on any atom is -0.363 e. The van der Waals surface area contributed by atoms with Crippen molar-refractivity contribution < 1.29 is 4.39 Å². The van der Waals surface area contributed by atoms with Crippen LogP contribution >= 0.6 is 34.9 Å². The molecule has 7 heteroatoms. The Morgan fingerprint density at radius 1 is 1.22 bits per heavy atom. The Morgan fingerprint density at radius 3 is 2.72 bits per heavy atom. The molecule has 0 saturated carbocycles. The summed E-state index contributed by atoms with van der Waals surface area (Å²) in [6.45, 7) is 0. The minimum atomic E-state index is -0.152. The van der Waals surface area contributed by atoms with Crippen LogP contribution in [0.25, 0.3) is 0 Å². The number of aromatic nitrogens is 2. The fourth-order valence-electron chi connectivity index (χ4n) is 1.21. The topological polar surface area (TPSA) is 37.8 Å². The monoisotopic (exact) mass is 301 g/mol. The molecular weight excluding hydrogens is 289 g/mol. The van der Waals surface area contributed by atoms with Gasteiger partial charge in [-0.2, -0.15) is 0 Å². The Labute approximate surface area is 118 Å². The average Bonchev–Trinajstić information content (AvgIpc) is 2.84. The molecule has 0 amide bonds. The molecule has 0 bridgehead atoms. The molecule has 1 aromatic heterocycles. The molecule has 2 rings (SSSR count). The average molecular weight is 301 g/mol. The highest BCUT2D eigenvalue weighted by molar-refractivity contribution is 8.03. The van der Waals surface area contributed by atoms with E-state index in [-0.39, 0.29) is 5.82 Å². The molecule has 2 aromatic rings. The van der Waals surface area contributed by atoms with E-state index in [1.165, 1.54) is 29.2 Å². The van der Waals surface area contributed by atoms with E-state index >= 15 is 0 Å². The number of nitrogens with one attached hydrogen (secondary N) is 1. The van der Waals surface area contributed by atoms with Gasteiger partial charge in [-0.25, -0.2) is 4.39 Å². The molecule has 0 spiro atoms. The van der Waals surface area contributed by atoms with E-state index in [1.54, 1.807) is 23.9 Å². The van der Waals surface area contributed by atoms with Gasteiger partial charge in [0.1, 0.15) is 5.82 Å². The highest BCUT2D eigenvalue weighted by Crippen LogP contribution is 2.27.